The summed E-state index contributed by atoms with van der Waals surface area (Å²) >= 11 is 0. The van der Waals surface area contributed by atoms with Crippen LogP contribution in [0.4, 0.5) is 51.2 Å². The summed E-state index contributed by atoms with van der Waals surface area (Å²) < 4.78 is 0. The molecule has 0 aliphatic carbocycles. The van der Waals surface area contributed by atoms with Gasteiger partial charge in [0, 0.05) is 56.4 Å². The maximum Gasteiger partial charge on any atom is 0.252 e. The molecule has 23 aromatic carbocycles. The molecular formula is C138H110BN3. The van der Waals surface area contributed by atoms with E-state index in [0.717, 1.165) is 151 Å². The quantitative estimate of drug-likeness (QED) is 0.0748. The van der Waals surface area contributed by atoms with Gasteiger partial charge in [0.2, 0.25) is 0 Å². The molecule has 680 valence electrons. The summed E-state index contributed by atoms with van der Waals surface area (Å²) in [5.74, 6) is 0. The number of nitrogens with zero attached hydrogens (tertiary/aromatic N) is 3. The Morgan fingerprint density at radius 3 is 0.732 bits per heavy atom. The Kier molecular flexibility index (Phi) is 20.7. The van der Waals surface area contributed by atoms with Gasteiger partial charge in [0.05, 0.1) is 17.1 Å². The molecule has 0 radical (unpaired) electrons. The second kappa shape index (κ2) is 33.7. The molecule has 2 aliphatic heterocycles. The summed E-state index contributed by atoms with van der Waals surface area (Å²) in [5.41, 5.74) is 40.0. The lowest BCUT2D eigenvalue weighted by Gasteiger charge is -2.46. The molecule has 0 aromatic heterocycles. The van der Waals surface area contributed by atoms with E-state index in [9.17, 15) is 0 Å². The van der Waals surface area contributed by atoms with E-state index >= 15 is 0 Å². The van der Waals surface area contributed by atoms with Gasteiger partial charge in [0.15, 0.2) is 0 Å². The van der Waals surface area contributed by atoms with Gasteiger partial charge in [-0.25, -0.2) is 0 Å². The third-order valence-electron chi connectivity index (χ3n) is 30.4. The summed E-state index contributed by atoms with van der Waals surface area (Å²) in [4.78, 5) is 8.11. The number of hydrogen-bond acceptors (Lipinski definition) is 3. The van der Waals surface area contributed by atoms with E-state index in [0.29, 0.717) is 0 Å². The Hall–Kier alpha value is -16.4. The zero-order valence-electron chi connectivity index (χ0n) is 82.6. The van der Waals surface area contributed by atoms with E-state index in [-0.39, 0.29) is 21.7 Å². The van der Waals surface area contributed by atoms with Crippen LogP contribution in [0.15, 0.2) is 449 Å². The lowest BCUT2D eigenvalue weighted by molar-refractivity contribution is 0.591. The average Bonchev–Trinajstić information content (AvgIpc) is 0.685. The lowest BCUT2D eigenvalue weighted by atomic mass is 9.33. The molecule has 142 heavy (non-hydrogen) atoms. The summed E-state index contributed by atoms with van der Waals surface area (Å²) in [6.45, 7) is 28.0. The molecule has 0 N–H and O–H groups in total. The number of rotatable bonds is 15. The molecule has 0 saturated carbocycles. The fourth-order valence-electron chi connectivity index (χ4n) is 23.0. The van der Waals surface area contributed by atoms with Crippen LogP contribution in [0.25, 0.3) is 176 Å². The summed E-state index contributed by atoms with van der Waals surface area (Å²) in [6.07, 6.45) is 0. The number of benzene rings is 23. The van der Waals surface area contributed by atoms with Crippen LogP contribution in [0, 0.1) is 0 Å². The first-order chi connectivity index (χ1) is 68.9. The molecule has 0 saturated heterocycles. The third kappa shape index (κ3) is 15.0. The highest BCUT2D eigenvalue weighted by Crippen LogP contribution is 2.59. The highest BCUT2D eigenvalue weighted by atomic mass is 15.2. The first-order valence-corrected chi connectivity index (χ1v) is 50.3. The molecule has 23 aromatic rings. The van der Waals surface area contributed by atoms with Crippen molar-refractivity contribution >= 4 is 139 Å². The zero-order valence-corrected chi connectivity index (χ0v) is 82.6. The normalized spacial score (nSPS) is 12.7. The average molecular weight is 1820 g/mol. The fourth-order valence-corrected chi connectivity index (χ4v) is 23.0. The van der Waals surface area contributed by atoms with E-state index in [2.05, 4.69) is 547 Å². The Balaban J connectivity index is 0.887. The zero-order chi connectivity index (χ0) is 96.3. The molecular weight excluding hydrogens is 1710 g/mol. The van der Waals surface area contributed by atoms with Crippen molar-refractivity contribution in [3.63, 3.8) is 0 Å². The number of fused-ring (bicyclic) bond motifs is 4. The minimum absolute atomic E-state index is 0.130. The van der Waals surface area contributed by atoms with Gasteiger partial charge < -0.3 is 14.7 Å². The fraction of sp³-hybridized carbons (Fsp3) is 0.116. The van der Waals surface area contributed by atoms with E-state index in [1.807, 2.05) is 0 Å². The Labute approximate surface area is 834 Å². The van der Waals surface area contributed by atoms with E-state index in [1.54, 1.807) is 0 Å². The van der Waals surface area contributed by atoms with E-state index in [1.165, 1.54) is 114 Å². The standard InChI is InChI=1S/C138H110BN3/c1-135(2,3)107-69-99-53-55-101-71-109(137(7,8)9)83-120-114(79-105(73-107)128(99)130(101)120)97-61-67-122-124(81-97)141(133-116(93-45-29-17-30-46-93)75-103(89-41-25-15-26-42-89)76-117(133)94-47-31-18-32-48-94)126-85-113(140(111-63-57-91(58-64-111)87-37-21-13-22-38-87)112-65-59-92(60-66-112)88-39-23-14-24-40-88)86-127-132(126)139(122)123-68-62-98(115-80-106-74-108(136(4,5)6)70-100-54-56-102-72-110(138(10,11)12)84-121(115)131(102)129(100)106)82-125(123)142(127)134-118(95-49-33-19-34-50-95)77-104(90-43-27-16-28-44-90)78-119(134)96-51-35-20-36-52-96/h13-86H,1-12H3. The molecule has 0 atom stereocenters. The molecule has 0 spiro atoms. The molecule has 2 aliphatic rings. The van der Waals surface area contributed by atoms with Crippen molar-refractivity contribution in [3.05, 3.63) is 471 Å². The first-order valence-electron chi connectivity index (χ1n) is 50.3. The minimum atomic E-state index is -0.406. The van der Waals surface area contributed by atoms with Crippen LogP contribution in [0.3, 0.4) is 0 Å². The van der Waals surface area contributed by atoms with Gasteiger partial charge in [-0.05, 0) is 311 Å². The Bertz CT molecular complexity index is 8220. The molecule has 3 nitrogen and oxygen atoms in total. The van der Waals surface area contributed by atoms with Crippen molar-refractivity contribution in [2.45, 2.75) is 105 Å². The van der Waals surface area contributed by atoms with Crippen LogP contribution < -0.4 is 31.1 Å². The molecule has 0 bridgehead atoms. The smallest absolute Gasteiger partial charge is 0.252 e. The van der Waals surface area contributed by atoms with Crippen LogP contribution in [0.1, 0.15) is 105 Å². The van der Waals surface area contributed by atoms with Crippen molar-refractivity contribution in [1.82, 2.24) is 0 Å². The second-order valence-corrected chi connectivity index (χ2v) is 43.6. The van der Waals surface area contributed by atoms with Gasteiger partial charge in [0.1, 0.15) is 0 Å². The SMILES string of the molecule is CC(C)(C)c1cc2ccc3cc(C(C)(C)C)cc4c(-c5ccc6c(c5)N(c5c(-c7ccccc7)cc(-c7ccccc7)cc5-c5ccccc5)c5cc(N(c7ccc(-c8ccccc8)cc7)c7ccc(-c8ccccc8)cc7)cc7c5B6c5ccc(-c6cc8cc(C(C)(C)C)cc9ccc%10cc(C(C)(C)C)cc6c%10c98)cc5N7c5c(-c6ccccc6)cc(-c6ccccc6)cc5-c5ccccc5)cc(c1)c2c34. The summed E-state index contributed by atoms with van der Waals surface area (Å²) in [5, 5.41) is 15.2. The third-order valence-corrected chi connectivity index (χ3v) is 30.4. The van der Waals surface area contributed by atoms with E-state index in [4.69, 9.17) is 0 Å². The van der Waals surface area contributed by atoms with Crippen molar-refractivity contribution in [2.75, 3.05) is 14.7 Å². The van der Waals surface area contributed by atoms with Crippen LogP contribution in [0.5, 0.6) is 0 Å². The van der Waals surface area contributed by atoms with Gasteiger partial charge in [-0.15, -0.1) is 0 Å². The highest BCUT2D eigenvalue weighted by Gasteiger charge is 2.47. The largest absolute Gasteiger partial charge is 0.310 e. The van der Waals surface area contributed by atoms with Crippen LogP contribution in [0.2, 0.25) is 0 Å². The van der Waals surface area contributed by atoms with Gasteiger partial charge in [-0.3, -0.25) is 0 Å². The molecule has 4 heteroatoms. The van der Waals surface area contributed by atoms with Crippen LogP contribution >= 0.6 is 0 Å². The Morgan fingerprint density at radius 2 is 0.437 bits per heavy atom. The van der Waals surface area contributed by atoms with Crippen molar-refractivity contribution in [2.24, 2.45) is 0 Å². The Morgan fingerprint density at radius 1 is 0.183 bits per heavy atom. The lowest BCUT2D eigenvalue weighted by Crippen LogP contribution is -2.61. The topological polar surface area (TPSA) is 9.72 Å². The van der Waals surface area contributed by atoms with Crippen molar-refractivity contribution in [1.29, 1.82) is 0 Å². The number of hydrogen-bond donors (Lipinski definition) is 0. The molecule has 2 heterocycles. The second-order valence-electron chi connectivity index (χ2n) is 43.6. The predicted molar refractivity (Wildman–Crippen MR) is 612 cm³/mol. The molecule has 0 unspecified atom stereocenters. The number of anilines is 9. The molecule has 25 rings (SSSR count). The maximum absolute atomic E-state index is 2.78. The van der Waals surface area contributed by atoms with Crippen LogP contribution in [-0.2, 0) is 21.7 Å². The van der Waals surface area contributed by atoms with Crippen molar-refractivity contribution in [3.8, 4) is 111 Å². The van der Waals surface area contributed by atoms with Gasteiger partial charge in [-0.1, -0.05) is 435 Å². The molecule has 0 amide bonds. The minimum Gasteiger partial charge on any atom is -0.310 e. The van der Waals surface area contributed by atoms with Gasteiger partial charge >= 0.3 is 0 Å². The van der Waals surface area contributed by atoms with Gasteiger partial charge in [0.25, 0.3) is 6.71 Å². The van der Waals surface area contributed by atoms with Crippen molar-refractivity contribution < 1.29 is 0 Å². The first kappa shape index (κ1) is 87.1. The molecule has 0 fully saturated rings. The maximum atomic E-state index is 2.78. The predicted octanol–water partition coefficient (Wildman–Crippen LogP) is 36.9. The summed E-state index contributed by atoms with van der Waals surface area (Å²) in [6, 6.07) is 173. The van der Waals surface area contributed by atoms with E-state index < -0.39 is 6.71 Å². The highest BCUT2D eigenvalue weighted by molar-refractivity contribution is 7.00. The monoisotopic (exact) mass is 1820 g/mol. The summed E-state index contributed by atoms with van der Waals surface area (Å²) in [7, 11) is 0. The van der Waals surface area contributed by atoms with Crippen LogP contribution in [-0.4, -0.2) is 6.71 Å². The van der Waals surface area contributed by atoms with Gasteiger partial charge in [-0.2, -0.15) is 0 Å².